The normalized spacial score (nSPS) is 12.7. The predicted molar refractivity (Wildman–Crippen MR) is 96.7 cm³/mol. The molecule has 2 rings (SSSR count). The number of hydrogen-bond donors (Lipinski definition) is 1. The number of sulfonamides is 1. The lowest BCUT2D eigenvalue weighted by Gasteiger charge is -2.17. The fourth-order valence-corrected chi connectivity index (χ4v) is 4.10. The zero-order valence-corrected chi connectivity index (χ0v) is 15.7. The summed E-state index contributed by atoms with van der Waals surface area (Å²) in [6.07, 6.45) is 0.930. The number of nitrogens with one attached hydrogen (secondary N) is 1. The number of para-hydroxylation sites is 1. The van der Waals surface area contributed by atoms with Crippen molar-refractivity contribution in [3.8, 4) is 5.75 Å². The Hall–Kier alpha value is -1.53. The highest BCUT2D eigenvalue weighted by atomic mass is 79.9. The van der Waals surface area contributed by atoms with E-state index in [0.717, 1.165) is 12.0 Å². The molecule has 4 nitrogen and oxygen atoms in total. The summed E-state index contributed by atoms with van der Waals surface area (Å²) >= 11 is 3.30. The first-order valence-electron chi connectivity index (χ1n) is 7.34. The van der Waals surface area contributed by atoms with Crippen molar-refractivity contribution in [3.05, 3.63) is 52.5 Å². The van der Waals surface area contributed by atoms with Crippen LogP contribution in [0.3, 0.4) is 0 Å². The van der Waals surface area contributed by atoms with Crippen molar-refractivity contribution in [3.63, 3.8) is 0 Å². The molecular weight excluding hydrogens is 378 g/mol. The third-order valence-electron chi connectivity index (χ3n) is 3.76. The number of methoxy groups -OCH3 is 1. The molecule has 0 aliphatic rings. The highest BCUT2D eigenvalue weighted by Crippen LogP contribution is 2.32. The minimum absolute atomic E-state index is 0.105. The molecule has 2 aromatic rings. The van der Waals surface area contributed by atoms with Gasteiger partial charge in [-0.3, -0.25) is 4.72 Å². The van der Waals surface area contributed by atoms with Crippen LogP contribution in [-0.2, 0) is 10.0 Å². The molecule has 1 atom stereocenters. The first-order chi connectivity index (χ1) is 10.9. The summed E-state index contributed by atoms with van der Waals surface area (Å²) < 4.78 is 34.1. The van der Waals surface area contributed by atoms with Crippen molar-refractivity contribution in [2.24, 2.45) is 0 Å². The molecule has 0 spiro atoms. The van der Waals surface area contributed by atoms with Crippen LogP contribution in [0.25, 0.3) is 0 Å². The third kappa shape index (κ3) is 4.06. The Balaban J connectivity index is 2.46. The van der Waals surface area contributed by atoms with Crippen molar-refractivity contribution in [1.82, 2.24) is 0 Å². The Kier molecular flexibility index (Phi) is 5.70. The molecule has 0 radical (unpaired) electrons. The van der Waals surface area contributed by atoms with E-state index < -0.39 is 10.0 Å². The molecule has 0 aliphatic heterocycles. The highest BCUT2D eigenvalue weighted by Gasteiger charge is 2.22. The quantitative estimate of drug-likeness (QED) is 0.763. The van der Waals surface area contributed by atoms with E-state index in [4.69, 9.17) is 4.74 Å². The van der Waals surface area contributed by atoms with E-state index in [0.29, 0.717) is 15.9 Å². The lowest BCUT2D eigenvalue weighted by molar-refractivity contribution is 0.403. The van der Waals surface area contributed by atoms with Crippen molar-refractivity contribution < 1.29 is 13.2 Å². The van der Waals surface area contributed by atoms with Gasteiger partial charge in [0.15, 0.2) is 0 Å². The predicted octanol–water partition coefficient (Wildman–Crippen LogP) is 4.77. The summed E-state index contributed by atoms with van der Waals surface area (Å²) in [4.78, 5) is 0.105. The van der Waals surface area contributed by atoms with Gasteiger partial charge >= 0.3 is 0 Å². The van der Waals surface area contributed by atoms with Crippen LogP contribution in [0.15, 0.2) is 51.8 Å². The molecule has 23 heavy (non-hydrogen) atoms. The summed E-state index contributed by atoms with van der Waals surface area (Å²) in [5.41, 5.74) is 1.58. The van der Waals surface area contributed by atoms with Gasteiger partial charge in [0.25, 0.3) is 10.0 Å². The number of halogens is 1. The Morgan fingerprint density at radius 1 is 1.22 bits per heavy atom. The van der Waals surface area contributed by atoms with Crippen molar-refractivity contribution in [2.45, 2.75) is 31.1 Å². The largest absolute Gasteiger partial charge is 0.495 e. The van der Waals surface area contributed by atoms with Gasteiger partial charge in [0.05, 0.1) is 12.8 Å². The van der Waals surface area contributed by atoms with E-state index in [1.165, 1.54) is 13.2 Å². The summed E-state index contributed by atoms with van der Waals surface area (Å²) in [6.45, 7) is 4.15. The van der Waals surface area contributed by atoms with E-state index in [-0.39, 0.29) is 10.8 Å². The van der Waals surface area contributed by atoms with Crippen LogP contribution in [0, 0.1) is 0 Å². The zero-order chi connectivity index (χ0) is 17.0. The minimum atomic E-state index is -3.75. The minimum Gasteiger partial charge on any atom is -0.495 e. The highest BCUT2D eigenvalue weighted by molar-refractivity contribution is 9.10. The fourth-order valence-electron chi connectivity index (χ4n) is 2.30. The molecule has 0 aromatic heterocycles. The lowest BCUT2D eigenvalue weighted by atomic mass is 9.97. The second-order valence-electron chi connectivity index (χ2n) is 5.30. The van der Waals surface area contributed by atoms with Crippen LogP contribution in [0.1, 0.15) is 31.7 Å². The van der Waals surface area contributed by atoms with Crippen molar-refractivity contribution in [2.75, 3.05) is 11.8 Å². The van der Waals surface area contributed by atoms with Crippen LogP contribution in [-0.4, -0.2) is 15.5 Å². The van der Waals surface area contributed by atoms with Crippen LogP contribution < -0.4 is 9.46 Å². The van der Waals surface area contributed by atoms with E-state index >= 15 is 0 Å². The van der Waals surface area contributed by atoms with Gasteiger partial charge in [-0.2, -0.15) is 0 Å². The molecule has 0 saturated carbocycles. The molecule has 124 valence electrons. The molecule has 0 amide bonds. The van der Waals surface area contributed by atoms with Crippen LogP contribution in [0.4, 0.5) is 5.69 Å². The van der Waals surface area contributed by atoms with Crippen molar-refractivity contribution >= 4 is 31.6 Å². The smallest absolute Gasteiger partial charge is 0.265 e. The first kappa shape index (κ1) is 17.8. The molecule has 2 aromatic carbocycles. The van der Waals surface area contributed by atoms with Gasteiger partial charge in [-0.15, -0.1) is 0 Å². The molecule has 6 heteroatoms. The maximum atomic E-state index is 12.8. The molecule has 0 heterocycles. The number of anilines is 1. The molecular formula is C17H20BrNO3S. The fraction of sp³-hybridized carbons (Fsp3) is 0.294. The number of hydrogen-bond acceptors (Lipinski definition) is 3. The third-order valence-corrected chi connectivity index (χ3v) is 5.64. The van der Waals surface area contributed by atoms with E-state index in [9.17, 15) is 8.42 Å². The Morgan fingerprint density at radius 2 is 1.91 bits per heavy atom. The average Bonchev–Trinajstić information content (AvgIpc) is 2.54. The second kappa shape index (κ2) is 7.36. The van der Waals surface area contributed by atoms with Gasteiger partial charge in [-0.25, -0.2) is 8.42 Å². The van der Waals surface area contributed by atoms with Crippen LogP contribution in [0.5, 0.6) is 5.75 Å². The molecule has 0 aliphatic carbocycles. The standard InChI is InChI=1S/C17H20BrNO3S/c1-4-12(2)14-7-5-6-8-15(14)19-23(20,21)17-11-13(18)9-10-16(17)22-3/h5-12,19H,4H2,1-3H3/t12-/m1/s1. The summed E-state index contributed by atoms with van der Waals surface area (Å²) in [6, 6.07) is 12.4. The molecule has 1 N–H and O–H groups in total. The maximum Gasteiger partial charge on any atom is 0.265 e. The maximum absolute atomic E-state index is 12.8. The Bertz CT molecular complexity index is 790. The summed E-state index contributed by atoms with van der Waals surface area (Å²) in [5, 5.41) is 0. The molecule has 0 saturated heterocycles. The molecule has 0 unspecified atom stereocenters. The lowest BCUT2D eigenvalue weighted by Crippen LogP contribution is -2.15. The first-order valence-corrected chi connectivity index (χ1v) is 9.62. The Labute approximate surface area is 146 Å². The topological polar surface area (TPSA) is 55.4 Å². The monoisotopic (exact) mass is 397 g/mol. The summed E-state index contributed by atoms with van der Waals surface area (Å²) in [5.74, 6) is 0.569. The van der Waals surface area contributed by atoms with Gasteiger partial charge in [0.2, 0.25) is 0 Å². The average molecular weight is 398 g/mol. The molecule has 0 fully saturated rings. The second-order valence-corrected chi connectivity index (χ2v) is 7.86. The van der Waals surface area contributed by atoms with Crippen LogP contribution >= 0.6 is 15.9 Å². The van der Waals surface area contributed by atoms with E-state index in [1.54, 1.807) is 18.2 Å². The Morgan fingerprint density at radius 3 is 2.57 bits per heavy atom. The number of rotatable bonds is 6. The van der Waals surface area contributed by atoms with Gasteiger partial charge in [-0.05, 0) is 42.2 Å². The number of ether oxygens (including phenoxy) is 1. The number of benzene rings is 2. The zero-order valence-electron chi connectivity index (χ0n) is 13.3. The van der Waals surface area contributed by atoms with Gasteiger partial charge < -0.3 is 4.74 Å². The van der Waals surface area contributed by atoms with Crippen molar-refractivity contribution in [1.29, 1.82) is 0 Å². The SMILES string of the molecule is CC[C@@H](C)c1ccccc1NS(=O)(=O)c1cc(Br)ccc1OC. The van der Waals surface area contributed by atoms with E-state index in [2.05, 4.69) is 34.5 Å². The van der Waals surface area contributed by atoms with Gasteiger partial charge in [0.1, 0.15) is 10.6 Å². The van der Waals surface area contributed by atoms with E-state index in [1.807, 2.05) is 18.2 Å². The molecule has 0 bridgehead atoms. The summed E-state index contributed by atoms with van der Waals surface area (Å²) in [7, 11) is -2.29. The van der Waals surface area contributed by atoms with Gasteiger partial charge in [-0.1, -0.05) is 48.0 Å². The van der Waals surface area contributed by atoms with Gasteiger partial charge in [0, 0.05) is 4.47 Å². The van der Waals surface area contributed by atoms with Crippen LogP contribution in [0.2, 0.25) is 0 Å².